The van der Waals surface area contributed by atoms with E-state index in [1.54, 1.807) is 0 Å². The molecule has 0 aliphatic carbocycles. The second-order valence-electron chi connectivity index (χ2n) is 1.84. The zero-order chi connectivity index (χ0) is 6.97. The molecular formula is C6H2N3O. The summed E-state index contributed by atoms with van der Waals surface area (Å²) in [7, 11) is 0. The van der Waals surface area contributed by atoms with E-state index in [2.05, 4.69) is 21.3 Å². The molecule has 4 nitrogen and oxygen atoms in total. The Hall–Kier alpha value is -1.58. The number of carbonyl (C=O) groups is 1. The standard InChI is InChI=1S/C6H2N3O/c10-5-1-4-2-7-3-8-6(4)9-5/h1-2H. The Balaban J connectivity index is 2.96. The lowest BCUT2D eigenvalue weighted by Gasteiger charge is -1.74. The molecule has 1 amide bonds. The lowest BCUT2D eigenvalue weighted by molar-refractivity contribution is -0.112. The number of amides is 1. The molecule has 2 heterocycles. The van der Waals surface area contributed by atoms with Crippen LogP contribution in [-0.4, -0.2) is 15.9 Å². The first-order valence-electron chi connectivity index (χ1n) is 2.70. The van der Waals surface area contributed by atoms with Gasteiger partial charge in [-0.3, -0.25) is 4.79 Å². The predicted molar refractivity (Wildman–Crippen MR) is 31.1 cm³/mol. The molecular weight excluding hydrogens is 130 g/mol. The third-order valence-electron chi connectivity index (χ3n) is 1.17. The van der Waals surface area contributed by atoms with Gasteiger partial charge in [-0.05, 0) is 0 Å². The fraction of sp³-hybridized carbons (Fsp3) is 0. The van der Waals surface area contributed by atoms with E-state index in [0.29, 0.717) is 10.7 Å². The number of aromatic nitrogens is 2. The molecule has 47 valence electrons. The largest absolute Gasteiger partial charge is 0.272 e. The van der Waals surface area contributed by atoms with Gasteiger partial charge in [0.05, 0.1) is 0 Å². The lowest BCUT2D eigenvalue weighted by Crippen LogP contribution is -2.25. The van der Waals surface area contributed by atoms with Crippen molar-refractivity contribution in [1.82, 2.24) is 9.97 Å². The molecule has 0 spiro atoms. The molecule has 1 radical (unpaired) electrons. The monoisotopic (exact) mass is 132 g/mol. The maximum Gasteiger partial charge on any atom is 0.272 e. The van der Waals surface area contributed by atoms with E-state index < -0.39 is 0 Å². The zero-order valence-electron chi connectivity index (χ0n) is 4.90. The lowest BCUT2D eigenvalue weighted by atomic mass is 10.4. The normalized spacial score (nSPS) is 13.8. The van der Waals surface area contributed by atoms with Crippen molar-refractivity contribution in [2.24, 2.45) is 4.99 Å². The third kappa shape index (κ3) is 0.621. The van der Waals surface area contributed by atoms with Crippen LogP contribution < -0.4 is 10.7 Å². The van der Waals surface area contributed by atoms with Gasteiger partial charge in [0, 0.05) is 17.5 Å². The topological polar surface area (TPSA) is 55.2 Å². The Bertz CT molecular complexity index is 359. The van der Waals surface area contributed by atoms with Crippen molar-refractivity contribution in [1.29, 1.82) is 0 Å². The quantitative estimate of drug-likeness (QED) is 0.419. The van der Waals surface area contributed by atoms with Crippen LogP contribution in [0.4, 0.5) is 0 Å². The molecule has 1 aromatic heterocycles. The van der Waals surface area contributed by atoms with Gasteiger partial charge in [0.15, 0.2) is 11.8 Å². The van der Waals surface area contributed by atoms with Gasteiger partial charge in [-0.1, -0.05) is 0 Å². The van der Waals surface area contributed by atoms with Gasteiger partial charge in [0.2, 0.25) is 0 Å². The van der Waals surface area contributed by atoms with Crippen LogP contribution in [-0.2, 0) is 4.79 Å². The Labute approximate surface area is 56.0 Å². The number of nitrogens with zero attached hydrogens (tertiary/aromatic N) is 3. The minimum absolute atomic E-state index is 0.274. The minimum atomic E-state index is -0.274. The Kier molecular flexibility index (Phi) is 0.887. The molecule has 0 unspecified atom stereocenters. The van der Waals surface area contributed by atoms with Crippen LogP contribution in [0.3, 0.4) is 0 Å². The smallest absolute Gasteiger partial charge is 0.267 e. The van der Waals surface area contributed by atoms with Crippen molar-refractivity contribution < 1.29 is 4.79 Å². The molecule has 1 aliphatic rings. The molecule has 1 aliphatic heterocycles. The number of hydrogen-bond acceptors (Lipinski definition) is 3. The van der Waals surface area contributed by atoms with Gasteiger partial charge < -0.3 is 0 Å². The highest BCUT2D eigenvalue weighted by Crippen LogP contribution is 1.77. The second-order valence-corrected chi connectivity index (χ2v) is 1.84. The van der Waals surface area contributed by atoms with E-state index in [1.807, 2.05) is 0 Å². The summed E-state index contributed by atoms with van der Waals surface area (Å²) in [5, 5.41) is 0.670. The van der Waals surface area contributed by atoms with E-state index >= 15 is 0 Å². The third-order valence-corrected chi connectivity index (χ3v) is 1.17. The molecule has 0 saturated heterocycles. The second kappa shape index (κ2) is 1.70. The SMILES string of the molecule is O=C1C=c2cn[c]nc2=N1. The molecule has 10 heavy (non-hydrogen) atoms. The Morgan fingerprint density at radius 3 is 3.20 bits per heavy atom. The molecule has 0 atom stereocenters. The summed E-state index contributed by atoms with van der Waals surface area (Å²) in [6, 6.07) is 0. The van der Waals surface area contributed by atoms with Crippen molar-refractivity contribution in [3.8, 4) is 0 Å². The van der Waals surface area contributed by atoms with Crippen molar-refractivity contribution in [2.75, 3.05) is 0 Å². The molecule has 0 saturated carbocycles. The summed E-state index contributed by atoms with van der Waals surface area (Å²) < 4.78 is 0. The van der Waals surface area contributed by atoms with Crippen molar-refractivity contribution in [3.63, 3.8) is 0 Å². The van der Waals surface area contributed by atoms with Gasteiger partial charge >= 0.3 is 0 Å². The molecule has 0 bridgehead atoms. The zero-order valence-corrected chi connectivity index (χ0v) is 4.90. The number of fused-ring (bicyclic) bond motifs is 1. The van der Waals surface area contributed by atoms with Gasteiger partial charge in [-0.25, -0.2) is 9.97 Å². The van der Waals surface area contributed by atoms with Crippen LogP contribution in [0.5, 0.6) is 0 Å². The first-order chi connectivity index (χ1) is 4.86. The van der Waals surface area contributed by atoms with Crippen LogP contribution in [0.2, 0.25) is 0 Å². The van der Waals surface area contributed by atoms with Crippen LogP contribution in [0.15, 0.2) is 11.2 Å². The highest BCUT2D eigenvalue weighted by Gasteiger charge is 2.01. The van der Waals surface area contributed by atoms with E-state index in [4.69, 9.17) is 0 Å². The van der Waals surface area contributed by atoms with E-state index in [9.17, 15) is 4.79 Å². The fourth-order valence-electron chi connectivity index (χ4n) is 0.758. The fourth-order valence-corrected chi connectivity index (χ4v) is 0.758. The highest BCUT2D eigenvalue weighted by atomic mass is 16.1. The van der Waals surface area contributed by atoms with Crippen molar-refractivity contribution in [2.45, 2.75) is 0 Å². The minimum Gasteiger partial charge on any atom is -0.267 e. The number of hydrogen-bond donors (Lipinski definition) is 0. The predicted octanol–water partition coefficient (Wildman–Crippen LogP) is -1.78. The van der Waals surface area contributed by atoms with Crippen LogP contribution in [0.25, 0.3) is 6.08 Å². The summed E-state index contributed by atoms with van der Waals surface area (Å²) in [4.78, 5) is 21.4. The van der Waals surface area contributed by atoms with Crippen LogP contribution in [0.1, 0.15) is 0 Å². The van der Waals surface area contributed by atoms with Gasteiger partial charge in [-0.15, -0.1) is 0 Å². The van der Waals surface area contributed by atoms with Crippen molar-refractivity contribution in [3.05, 3.63) is 23.2 Å². The molecule has 0 fully saturated rings. The van der Waals surface area contributed by atoms with Crippen LogP contribution in [0, 0.1) is 6.33 Å². The van der Waals surface area contributed by atoms with E-state index in [0.717, 1.165) is 0 Å². The van der Waals surface area contributed by atoms with Gasteiger partial charge in [-0.2, -0.15) is 4.99 Å². The average molecular weight is 132 g/mol. The highest BCUT2D eigenvalue weighted by molar-refractivity contribution is 6.06. The summed E-state index contributed by atoms with van der Waals surface area (Å²) in [5.74, 6) is -0.274. The molecule has 2 rings (SSSR count). The van der Waals surface area contributed by atoms with E-state index in [1.165, 1.54) is 12.3 Å². The summed E-state index contributed by atoms with van der Waals surface area (Å²) in [6.45, 7) is 0. The Morgan fingerprint density at radius 2 is 2.40 bits per heavy atom. The van der Waals surface area contributed by atoms with E-state index in [-0.39, 0.29) is 5.91 Å². The average Bonchev–Trinajstić information content (AvgIpc) is 2.27. The molecule has 1 aromatic rings. The number of rotatable bonds is 0. The summed E-state index contributed by atoms with van der Waals surface area (Å²) in [6.07, 6.45) is 5.25. The maximum atomic E-state index is 10.6. The van der Waals surface area contributed by atoms with Crippen LogP contribution >= 0.6 is 0 Å². The maximum absolute atomic E-state index is 10.6. The van der Waals surface area contributed by atoms with Crippen molar-refractivity contribution >= 4 is 12.0 Å². The number of carbonyl (C=O) groups excluding carboxylic acids is 1. The first-order valence-corrected chi connectivity index (χ1v) is 2.70. The summed E-state index contributed by atoms with van der Waals surface area (Å²) in [5.41, 5.74) is 0.417. The molecule has 4 heteroatoms. The van der Waals surface area contributed by atoms with Gasteiger partial charge in [0.25, 0.3) is 5.91 Å². The summed E-state index contributed by atoms with van der Waals surface area (Å²) >= 11 is 0. The molecule has 0 aromatic carbocycles. The molecule has 0 N–H and O–H groups in total. The Morgan fingerprint density at radius 1 is 1.50 bits per heavy atom. The van der Waals surface area contributed by atoms with Gasteiger partial charge in [0.1, 0.15) is 0 Å². The first kappa shape index (κ1) is 5.22.